The number of amides is 1. The Labute approximate surface area is 148 Å². The van der Waals surface area contributed by atoms with E-state index < -0.39 is 0 Å². The zero-order chi connectivity index (χ0) is 17.9. The Kier molecular flexibility index (Phi) is 8.27. The van der Waals surface area contributed by atoms with Crippen molar-refractivity contribution >= 4 is 11.9 Å². The van der Waals surface area contributed by atoms with Gasteiger partial charge in [0.1, 0.15) is 0 Å². The molecule has 1 saturated heterocycles. The number of guanidine groups is 1. The van der Waals surface area contributed by atoms with Crippen molar-refractivity contribution in [1.82, 2.24) is 15.1 Å². The molecule has 2 rings (SSSR count). The molecule has 140 valence electrons. The van der Waals surface area contributed by atoms with Gasteiger partial charge in [0.15, 0.2) is 11.7 Å². The lowest BCUT2D eigenvalue weighted by Crippen LogP contribution is -2.53. The van der Waals surface area contributed by atoms with Crippen LogP contribution >= 0.6 is 0 Å². The number of hydrogen-bond donors (Lipinski definition) is 1. The van der Waals surface area contributed by atoms with Crippen LogP contribution in [-0.2, 0) is 9.47 Å². The molecule has 0 saturated carbocycles. The minimum atomic E-state index is -0.0573. The van der Waals surface area contributed by atoms with Crippen LogP contribution in [0.1, 0.15) is 17.5 Å². The molecular formula is C17H28N4O4. The molecule has 1 amide bonds. The largest absolute Gasteiger partial charge is 0.459 e. The maximum atomic E-state index is 12.3. The Bertz CT molecular complexity index is 525. The van der Waals surface area contributed by atoms with E-state index in [1.807, 2.05) is 11.8 Å². The number of nitrogens with zero attached hydrogens (tertiary/aromatic N) is 3. The highest BCUT2D eigenvalue weighted by atomic mass is 16.5. The Hall–Kier alpha value is -2.06. The fourth-order valence-corrected chi connectivity index (χ4v) is 2.56. The highest BCUT2D eigenvalue weighted by molar-refractivity contribution is 5.91. The van der Waals surface area contributed by atoms with Gasteiger partial charge in [-0.15, -0.1) is 0 Å². The molecular weight excluding hydrogens is 324 g/mol. The van der Waals surface area contributed by atoms with E-state index in [9.17, 15) is 4.79 Å². The maximum Gasteiger partial charge on any atom is 0.289 e. The molecule has 1 aliphatic heterocycles. The number of aliphatic imine (C=N–C) groups is 1. The van der Waals surface area contributed by atoms with Gasteiger partial charge in [0.05, 0.1) is 32.6 Å². The predicted molar refractivity (Wildman–Crippen MR) is 94.9 cm³/mol. The van der Waals surface area contributed by atoms with Gasteiger partial charge in [0.25, 0.3) is 5.91 Å². The zero-order valence-electron chi connectivity index (χ0n) is 15.1. The lowest BCUT2D eigenvalue weighted by atomic mass is 10.3. The van der Waals surface area contributed by atoms with Crippen LogP contribution in [0.25, 0.3) is 0 Å². The van der Waals surface area contributed by atoms with Gasteiger partial charge >= 0.3 is 0 Å². The minimum Gasteiger partial charge on any atom is -0.459 e. The molecule has 8 nitrogen and oxygen atoms in total. The second kappa shape index (κ2) is 10.7. The molecule has 1 aromatic rings. The summed E-state index contributed by atoms with van der Waals surface area (Å²) in [7, 11) is 1.65. The van der Waals surface area contributed by atoms with E-state index in [0.29, 0.717) is 45.2 Å². The van der Waals surface area contributed by atoms with Gasteiger partial charge < -0.3 is 29.0 Å². The summed E-state index contributed by atoms with van der Waals surface area (Å²) < 4.78 is 15.6. The highest BCUT2D eigenvalue weighted by Crippen LogP contribution is 2.09. The van der Waals surface area contributed by atoms with Crippen LogP contribution < -0.4 is 5.32 Å². The SMILES string of the molecule is CCNC(=NCCOCCOC)N1CCN(C(=O)c2ccco2)CC1. The average molecular weight is 352 g/mol. The van der Waals surface area contributed by atoms with Crippen LogP contribution in [0.3, 0.4) is 0 Å². The van der Waals surface area contributed by atoms with Gasteiger partial charge in [-0.2, -0.15) is 0 Å². The quantitative estimate of drug-likeness (QED) is 0.421. The van der Waals surface area contributed by atoms with E-state index in [0.717, 1.165) is 25.6 Å². The molecule has 0 spiro atoms. The predicted octanol–water partition coefficient (Wildman–Crippen LogP) is 0.666. The third-order valence-corrected chi connectivity index (χ3v) is 3.86. The number of nitrogens with one attached hydrogen (secondary N) is 1. The average Bonchev–Trinajstić information content (AvgIpc) is 3.18. The van der Waals surface area contributed by atoms with Crippen molar-refractivity contribution in [2.24, 2.45) is 4.99 Å². The molecule has 0 atom stereocenters. The fourth-order valence-electron chi connectivity index (χ4n) is 2.56. The number of rotatable bonds is 8. The zero-order valence-corrected chi connectivity index (χ0v) is 15.1. The van der Waals surface area contributed by atoms with Gasteiger partial charge in [-0.05, 0) is 19.1 Å². The lowest BCUT2D eigenvalue weighted by molar-refractivity contribution is 0.0656. The monoisotopic (exact) mass is 352 g/mol. The minimum absolute atomic E-state index is 0.0573. The first-order chi connectivity index (χ1) is 12.3. The van der Waals surface area contributed by atoms with Crippen molar-refractivity contribution in [1.29, 1.82) is 0 Å². The molecule has 0 radical (unpaired) electrons. The van der Waals surface area contributed by atoms with Crippen LogP contribution in [0.5, 0.6) is 0 Å². The number of hydrogen-bond acceptors (Lipinski definition) is 5. The first-order valence-electron chi connectivity index (χ1n) is 8.69. The Morgan fingerprint density at radius 1 is 1.24 bits per heavy atom. The Morgan fingerprint density at radius 3 is 2.64 bits per heavy atom. The van der Waals surface area contributed by atoms with Crippen LogP contribution in [0, 0.1) is 0 Å². The van der Waals surface area contributed by atoms with Crippen molar-refractivity contribution in [3.8, 4) is 0 Å². The summed E-state index contributed by atoms with van der Waals surface area (Å²) in [6.07, 6.45) is 1.52. The van der Waals surface area contributed by atoms with Crippen LogP contribution in [0.15, 0.2) is 27.8 Å². The number of methoxy groups -OCH3 is 1. The Balaban J connectivity index is 1.79. The van der Waals surface area contributed by atoms with Crippen LogP contribution in [-0.4, -0.2) is 87.9 Å². The van der Waals surface area contributed by atoms with Crippen LogP contribution in [0.4, 0.5) is 0 Å². The van der Waals surface area contributed by atoms with E-state index in [-0.39, 0.29) is 5.91 Å². The normalized spacial score (nSPS) is 15.5. The van der Waals surface area contributed by atoms with E-state index in [2.05, 4.69) is 15.2 Å². The van der Waals surface area contributed by atoms with E-state index >= 15 is 0 Å². The van der Waals surface area contributed by atoms with Crippen molar-refractivity contribution < 1.29 is 18.7 Å². The molecule has 1 fully saturated rings. The summed E-state index contributed by atoms with van der Waals surface area (Å²) in [4.78, 5) is 20.9. The lowest BCUT2D eigenvalue weighted by Gasteiger charge is -2.36. The second-order valence-corrected chi connectivity index (χ2v) is 5.60. The summed E-state index contributed by atoms with van der Waals surface area (Å²) >= 11 is 0. The first-order valence-corrected chi connectivity index (χ1v) is 8.69. The van der Waals surface area contributed by atoms with Crippen molar-refractivity contribution in [2.75, 3.05) is 66.2 Å². The van der Waals surface area contributed by atoms with Crippen molar-refractivity contribution in [3.63, 3.8) is 0 Å². The number of ether oxygens (including phenoxy) is 2. The number of carbonyl (C=O) groups excluding carboxylic acids is 1. The number of furan rings is 1. The van der Waals surface area contributed by atoms with Crippen molar-refractivity contribution in [3.05, 3.63) is 24.2 Å². The summed E-state index contributed by atoms with van der Waals surface area (Å²) in [6.45, 7) is 7.95. The second-order valence-electron chi connectivity index (χ2n) is 5.60. The van der Waals surface area contributed by atoms with Gasteiger partial charge in [0.2, 0.25) is 0 Å². The van der Waals surface area contributed by atoms with Gasteiger partial charge in [-0.25, -0.2) is 0 Å². The van der Waals surface area contributed by atoms with Gasteiger partial charge in [0, 0.05) is 39.8 Å². The van der Waals surface area contributed by atoms with Crippen molar-refractivity contribution in [2.45, 2.75) is 6.92 Å². The van der Waals surface area contributed by atoms with E-state index in [4.69, 9.17) is 13.9 Å². The third-order valence-electron chi connectivity index (χ3n) is 3.86. The Morgan fingerprint density at radius 2 is 2.00 bits per heavy atom. The summed E-state index contributed by atoms with van der Waals surface area (Å²) in [5, 5.41) is 3.30. The standard InChI is InChI=1S/C17H28N4O4/c1-3-18-17(19-6-12-24-14-13-23-2)21-9-7-20(8-10-21)16(22)15-5-4-11-25-15/h4-5,11H,3,6-10,12-14H2,1-2H3,(H,18,19). The first kappa shape index (κ1) is 19.3. The molecule has 1 aromatic heterocycles. The molecule has 25 heavy (non-hydrogen) atoms. The number of piperazine rings is 1. The van der Waals surface area contributed by atoms with E-state index in [1.54, 1.807) is 19.2 Å². The summed E-state index contributed by atoms with van der Waals surface area (Å²) in [5.74, 6) is 1.20. The third kappa shape index (κ3) is 6.06. The topological polar surface area (TPSA) is 79.5 Å². The smallest absolute Gasteiger partial charge is 0.289 e. The fraction of sp³-hybridized carbons (Fsp3) is 0.647. The molecule has 0 bridgehead atoms. The van der Waals surface area contributed by atoms with E-state index in [1.165, 1.54) is 6.26 Å². The molecule has 8 heteroatoms. The summed E-state index contributed by atoms with van der Waals surface area (Å²) in [5.41, 5.74) is 0. The van der Waals surface area contributed by atoms with Gasteiger partial charge in [-0.1, -0.05) is 0 Å². The number of carbonyl (C=O) groups is 1. The molecule has 0 aromatic carbocycles. The molecule has 0 aliphatic carbocycles. The summed E-state index contributed by atoms with van der Waals surface area (Å²) in [6, 6.07) is 3.43. The molecule has 2 heterocycles. The van der Waals surface area contributed by atoms with Crippen LogP contribution in [0.2, 0.25) is 0 Å². The maximum absolute atomic E-state index is 12.3. The molecule has 0 unspecified atom stereocenters. The molecule has 1 N–H and O–H groups in total. The highest BCUT2D eigenvalue weighted by Gasteiger charge is 2.25. The molecule has 1 aliphatic rings. The van der Waals surface area contributed by atoms with Gasteiger partial charge in [-0.3, -0.25) is 9.79 Å².